The van der Waals surface area contributed by atoms with Gasteiger partial charge in [0, 0.05) is 6.20 Å². The van der Waals surface area contributed by atoms with Crippen LogP contribution in [0.2, 0.25) is 0 Å². The van der Waals surface area contributed by atoms with Gasteiger partial charge in [-0.2, -0.15) is 5.10 Å². The largest absolute Gasteiger partial charge is 0.476 e. The van der Waals surface area contributed by atoms with Gasteiger partial charge in [0.25, 0.3) is 10.0 Å². The Kier molecular flexibility index (Phi) is 3.21. The number of H-pyrrole nitrogens is 1. The number of carboxylic acids is 1. The number of anilines is 1. The van der Waals surface area contributed by atoms with E-state index in [0.717, 1.165) is 0 Å². The van der Waals surface area contributed by atoms with E-state index >= 15 is 0 Å². The van der Waals surface area contributed by atoms with Crippen LogP contribution < -0.4 is 4.72 Å². The van der Waals surface area contributed by atoms with Gasteiger partial charge in [-0.1, -0.05) is 6.07 Å². The van der Waals surface area contributed by atoms with E-state index in [1.807, 2.05) is 0 Å². The quantitative estimate of drug-likeness (QED) is 0.754. The number of rotatable bonds is 4. The lowest BCUT2D eigenvalue weighted by Gasteiger charge is -2.06. The number of sulfonamides is 1. The molecule has 0 saturated carbocycles. The lowest BCUT2D eigenvalue weighted by Crippen LogP contribution is -2.17. The zero-order valence-electron chi connectivity index (χ0n) is 9.78. The molecule has 100 valence electrons. The van der Waals surface area contributed by atoms with E-state index < -0.39 is 26.6 Å². The predicted molar refractivity (Wildman–Crippen MR) is 65.3 cm³/mol. The van der Waals surface area contributed by atoms with Gasteiger partial charge in [0.05, 0.1) is 5.69 Å². The van der Waals surface area contributed by atoms with E-state index in [2.05, 4.69) is 19.9 Å². The van der Waals surface area contributed by atoms with Crippen LogP contribution in [0, 0.1) is 6.92 Å². The molecule has 0 amide bonds. The zero-order chi connectivity index (χ0) is 14.0. The van der Waals surface area contributed by atoms with Crippen molar-refractivity contribution < 1.29 is 18.3 Å². The highest BCUT2D eigenvalue weighted by Crippen LogP contribution is 2.20. The van der Waals surface area contributed by atoms with E-state index in [9.17, 15) is 13.2 Å². The summed E-state index contributed by atoms with van der Waals surface area (Å²) in [7, 11) is -4.06. The van der Waals surface area contributed by atoms with Gasteiger partial charge in [0.2, 0.25) is 0 Å². The summed E-state index contributed by atoms with van der Waals surface area (Å²) < 4.78 is 26.5. The zero-order valence-corrected chi connectivity index (χ0v) is 10.6. The molecule has 8 nitrogen and oxygen atoms in total. The minimum Gasteiger partial charge on any atom is -0.476 e. The van der Waals surface area contributed by atoms with Crippen LogP contribution in [0.3, 0.4) is 0 Å². The molecular formula is C10H10N4O4S. The highest BCUT2D eigenvalue weighted by Gasteiger charge is 2.28. The number of aromatic amines is 1. The van der Waals surface area contributed by atoms with Crippen molar-refractivity contribution in [3.05, 3.63) is 35.8 Å². The fourth-order valence-electron chi connectivity index (χ4n) is 1.50. The van der Waals surface area contributed by atoms with Gasteiger partial charge in [0.1, 0.15) is 10.7 Å². The van der Waals surface area contributed by atoms with Gasteiger partial charge in [-0.3, -0.25) is 9.82 Å². The molecule has 0 aliphatic heterocycles. The predicted octanol–water partition coefficient (Wildman–Crippen LogP) is 0.612. The standard InChI is InChI=1S/C10H10N4O4S/c1-6-9(8(10(15)16)13-12-6)19(17,18)14-7-4-2-3-5-11-7/h2-5H,1H3,(H,11,14)(H,12,13)(H,15,16). The van der Waals surface area contributed by atoms with Gasteiger partial charge < -0.3 is 5.11 Å². The monoisotopic (exact) mass is 282 g/mol. The summed E-state index contributed by atoms with van der Waals surface area (Å²) in [5, 5.41) is 14.7. The second-order valence-corrected chi connectivity index (χ2v) is 5.27. The molecule has 0 unspecified atom stereocenters. The minimum atomic E-state index is -4.06. The van der Waals surface area contributed by atoms with Crippen LogP contribution in [0.25, 0.3) is 0 Å². The lowest BCUT2D eigenvalue weighted by molar-refractivity contribution is 0.0686. The highest BCUT2D eigenvalue weighted by atomic mass is 32.2. The topological polar surface area (TPSA) is 125 Å². The van der Waals surface area contributed by atoms with E-state index in [4.69, 9.17) is 5.11 Å². The molecule has 0 aliphatic rings. The molecule has 3 N–H and O–H groups in total. The Morgan fingerprint density at radius 1 is 1.42 bits per heavy atom. The number of hydrogen-bond acceptors (Lipinski definition) is 5. The molecule has 0 aliphatic carbocycles. The van der Waals surface area contributed by atoms with Crippen molar-refractivity contribution in [1.82, 2.24) is 15.2 Å². The van der Waals surface area contributed by atoms with Gasteiger partial charge in [-0.25, -0.2) is 18.2 Å². The number of aromatic nitrogens is 3. The first-order valence-corrected chi connectivity index (χ1v) is 6.62. The number of carbonyl (C=O) groups is 1. The smallest absolute Gasteiger partial charge is 0.357 e. The Morgan fingerprint density at radius 3 is 2.74 bits per heavy atom. The maximum Gasteiger partial charge on any atom is 0.357 e. The summed E-state index contributed by atoms with van der Waals surface area (Å²) in [5.74, 6) is -1.33. The fraction of sp³-hybridized carbons (Fsp3) is 0.100. The summed E-state index contributed by atoms with van der Waals surface area (Å²) in [6.45, 7) is 1.42. The average Bonchev–Trinajstić information content (AvgIpc) is 2.73. The molecule has 0 radical (unpaired) electrons. The first kappa shape index (κ1) is 13.0. The summed E-state index contributed by atoms with van der Waals surface area (Å²) >= 11 is 0. The normalized spacial score (nSPS) is 11.2. The highest BCUT2D eigenvalue weighted by molar-refractivity contribution is 7.92. The Labute approximate surface area is 108 Å². The van der Waals surface area contributed by atoms with E-state index in [1.54, 1.807) is 12.1 Å². The number of hydrogen-bond donors (Lipinski definition) is 3. The maximum atomic E-state index is 12.1. The van der Waals surface area contributed by atoms with Crippen molar-refractivity contribution >= 4 is 21.8 Å². The molecular weight excluding hydrogens is 272 g/mol. The molecule has 0 spiro atoms. The summed E-state index contributed by atoms with van der Waals surface area (Å²) in [6, 6.07) is 4.68. The van der Waals surface area contributed by atoms with Crippen LogP contribution in [0.5, 0.6) is 0 Å². The molecule has 2 heterocycles. The van der Waals surface area contributed by atoms with Crippen LogP contribution in [0.1, 0.15) is 16.2 Å². The number of nitrogens with one attached hydrogen (secondary N) is 2. The van der Waals surface area contributed by atoms with Crippen molar-refractivity contribution in [2.75, 3.05) is 4.72 Å². The van der Waals surface area contributed by atoms with E-state index in [1.165, 1.54) is 19.2 Å². The molecule has 0 aromatic carbocycles. The minimum absolute atomic E-state index is 0.0967. The fourth-order valence-corrected chi connectivity index (χ4v) is 2.84. The molecule has 2 rings (SSSR count). The van der Waals surface area contributed by atoms with Gasteiger partial charge >= 0.3 is 5.97 Å². The van der Waals surface area contributed by atoms with Crippen LogP contribution in [0.4, 0.5) is 5.82 Å². The third kappa shape index (κ3) is 2.55. The third-order valence-corrected chi connectivity index (χ3v) is 3.78. The third-order valence-electron chi connectivity index (χ3n) is 2.27. The van der Waals surface area contributed by atoms with Crippen LogP contribution in [-0.4, -0.2) is 34.7 Å². The molecule has 2 aromatic rings. The van der Waals surface area contributed by atoms with Gasteiger partial charge in [-0.05, 0) is 19.1 Å². The Hall–Kier alpha value is -2.42. The molecule has 9 heteroatoms. The van der Waals surface area contributed by atoms with E-state index in [-0.39, 0.29) is 11.5 Å². The van der Waals surface area contributed by atoms with Crippen LogP contribution in [0.15, 0.2) is 29.3 Å². The van der Waals surface area contributed by atoms with Crippen molar-refractivity contribution in [3.63, 3.8) is 0 Å². The Balaban J connectivity index is 2.46. The first-order chi connectivity index (χ1) is 8.92. The first-order valence-electron chi connectivity index (χ1n) is 5.14. The maximum absolute atomic E-state index is 12.1. The van der Waals surface area contributed by atoms with E-state index in [0.29, 0.717) is 0 Å². The number of nitrogens with zero attached hydrogens (tertiary/aromatic N) is 2. The van der Waals surface area contributed by atoms with Crippen molar-refractivity contribution in [1.29, 1.82) is 0 Å². The molecule has 0 fully saturated rings. The van der Waals surface area contributed by atoms with Crippen molar-refractivity contribution in [3.8, 4) is 0 Å². The summed E-state index contributed by atoms with van der Waals surface area (Å²) in [5.41, 5.74) is -0.415. The Morgan fingerprint density at radius 2 is 2.16 bits per heavy atom. The molecule has 2 aromatic heterocycles. The summed E-state index contributed by atoms with van der Waals surface area (Å²) in [4.78, 5) is 14.4. The second-order valence-electron chi connectivity index (χ2n) is 3.65. The molecule has 0 bridgehead atoms. The number of aryl methyl sites for hydroxylation is 1. The summed E-state index contributed by atoms with van der Waals surface area (Å²) in [6.07, 6.45) is 1.41. The molecule has 0 saturated heterocycles. The molecule has 19 heavy (non-hydrogen) atoms. The number of aromatic carboxylic acids is 1. The van der Waals surface area contributed by atoms with Crippen molar-refractivity contribution in [2.24, 2.45) is 0 Å². The van der Waals surface area contributed by atoms with Crippen LogP contribution >= 0.6 is 0 Å². The SMILES string of the molecule is Cc1[nH]nc(C(=O)O)c1S(=O)(=O)Nc1ccccn1. The Bertz CT molecular complexity index is 708. The average molecular weight is 282 g/mol. The van der Waals surface area contributed by atoms with Gasteiger partial charge in [0.15, 0.2) is 5.69 Å². The number of carboxylic acid groups (broad SMARTS) is 1. The second kappa shape index (κ2) is 4.69. The van der Waals surface area contributed by atoms with Crippen molar-refractivity contribution in [2.45, 2.75) is 11.8 Å². The molecule has 0 atom stereocenters. The lowest BCUT2D eigenvalue weighted by atomic mass is 10.4. The van der Waals surface area contributed by atoms with Crippen LogP contribution in [-0.2, 0) is 10.0 Å². The van der Waals surface area contributed by atoms with Gasteiger partial charge in [-0.15, -0.1) is 0 Å². The number of pyridine rings is 1.